The number of ketones is 2. The Kier molecular flexibility index (Phi) is 5.59. The summed E-state index contributed by atoms with van der Waals surface area (Å²) in [5.74, 6) is -13.1. The van der Waals surface area contributed by atoms with Crippen molar-refractivity contribution < 1.29 is 46.2 Å². The lowest BCUT2D eigenvalue weighted by molar-refractivity contribution is -0.117. The molecule has 0 atom stereocenters. The third-order valence-electron chi connectivity index (χ3n) is 4.88. The maximum atomic E-state index is 12.7. The highest BCUT2D eigenvalue weighted by molar-refractivity contribution is 6.33. The number of rotatable bonds is 5. The third kappa shape index (κ3) is 4.15. The zero-order chi connectivity index (χ0) is 23.3. The van der Waals surface area contributed by atoms with Crippen LogP contribution in [-0.2, 0) is 9.59 Å². The number of carbonyl (C=O) groups excluding carboxylic acids is 2. The minimum absolute atomic E-state index is 0.00546. The molecule has 1 aromatic carbocycles. The maximum absolute atomic E-state index is 12.7. The first kappa shape index (κ1) is 22.1. The molecule has 1 aromatic rings. The van der Waals surface area contributed by atoms with Gasteiger partial charge in [-0.3, -0.25) is 9.59 Å². The van der Waals surface area contributed by atoms with Crippen LogP contribution in [0.4, 0.5) is 22.0 Å². The molecule has 0 spiro atoms. The predicted octanol–water partition coefficient (Wildman–Crippen LogP) is -0.0891. The molecule has 4 aliphatic rings. The molecule has 14 heteroatoms. The fraction of sp³-hybridized carbons (Fsp3) is 0.333. The van der Waals surface area contributed by atoms with Crippen LogP contribution >= 0.6 is 0 Å². The Balaban J connectivity index is 0.000000155. The van der Waals surface area contributed by atoms with Crippen LogP contribution in [0.15, 0.2) is 23.2 Å². The van der Waals surface area contributed by atoms with Crippen molar-refractivity contribution in [3.8, 4) is 5.75 Å². The Morgan fingerprint density at radius 1 is 0.719 bits per heavy atom. The highest BCUT2D eigenvalue weighted by Crippen LogP contribution is 2.34. The summed E-state index contributed by atoms with van der Waals surface area (Å²) in [6.07, 6.45) is 1.52. The highest BCUT2D eigenvalue weighted by Gasteiger charge is 2.43. The van der Waals surface area contributed by atoms with Gasteiger partial charge in [0, 0.05) is 45.3 Å². The fourth-order valence-corrected chi connectivity index (χ4v) is 3.07. The minimum atomic E-state index is -2.70. The van der Waals surface area contributed by atoms with E-state index in [4.69, 9.17) is 10.0 Å². The van der Waals surface area contributed by atoms with Crippen molar-refractivity contribution in [2.24, 2.45) is 0 Å². The van der Waals surface area contributed by atoms with Gasteiger partial charge in [-0.25, -0.2) is 13.2 Å². The van der Waals surface area contributed by atoms with E-state index in [1.807, 2.05) is 14.7 Å². The third-order valence-corrected chi connectivity index (χ3v) is 4.88. The van der Waals surface area contributed by atoms with Crippen LogP contribution in [0, 0.1) is 29.1 Å². The number of nitrogens with zero attached hydrogens (tertiary/aromatic N) is 3. The monoisotopic (exact) mass is 459 g/mol. The molecule has 8 nitrogen and oxygen atoms in total. The zero-order valence-electron chi connectivity index (χ0n) is 16.2. The first-order valence-electron chi connectivity index (χ1n) is 9.45. The van der Waals surface area contributed by atoms with Gasteiger partial charge in [-0.15, -0.1) is 0 Å². The van der Waals surface area contributed by atoms with Crippen LogP contribution in [0.2, 0.25) is 0 Å². The van der Waals surface area contributed by atoms with Crippen molar-refractivity contribution in [2.75, 3.05) is 39.3 Å². The molecule has 0 aromatic heterocycles. The van der Waals surface area contributed by atoms with Gasteiger partial charge in [-0.2, -0.15) is 8.78 Å². The molecule has 2 N–H and O–H groups in total. The summed E-state index contributed by atoms with van der Waals surface area (Å²) in [6, 6.07) is 0. The average molecular weight is 459 g/mol. The molecule has 170 valence electrons. The molecule has 0 bridgehead atoms. The Labute approximate surface area is 177 Å². The average Bonchev–Trinajstić information content (AvgIpc) is 3.58. The van der Waals surface area contributed by atoms with E-state index in [1.165, 1.54) is 6.08 Å². The van der Waals surface area contributed by atoms with E-state index in [0.29, 0.717) is 17.1 Å². The van der Waals surface area contributed by atoms with Gasteiger partial charge in [0.05, 0.1) is 5.70 Å². The minimum Gasteiger partial charge on any atom is -0.507 e. The summed E-state index contributed by atoms with van der Waals surface area (Å²) in [7, 11) is -2.70. The Bertz CT molecular complexity index is 1040. The Morgan fingerprint density at radius 3 is 1.59 bits per heavy atom. The van der Waals surface area contributed by atoms with E-state index in [1.54, 1.807) is 0 Å². The lowest BCUT2D eigenvalue weighted by Gasteiger charge is -2.21. The van der Waals surface area contributed by atoms with Crippen LogP contribution in [0.25, 0.3) is 0 Å². The fourth-order valence-electron chi connectivity index (χ4n) is 3.07. The standard InChI is InChI=1S/C12H13N3O2.C6H2BF5O3/c16-9-7-8(13-1-2-13)12(17)11(15-5-6-15)10(9)14-3-4-14;8-1-2(9)4(11)6(15-7(13)14)5(12)3(1)10/h7H,1-6H2;13-14H. The molecule has 0 radical (unpaired) electrons. The second-order valence-corrected chi connectivity index (χ2v) is 7.22. The van der Waals surface area contributed by atoms with E-state index in [-0.39, 0.29) is 11.6 Å². The van der Waals surface area contributed by atoms with Gasteiger partial charge >= 0.3 is 7.32 Å². The summed E-state index contributed by atoms with van der Waals surface area (Å²) in [5, 5.41) is 16.3. The second kappa shape index (κ2) is 8.09. The number of carbonyl (C=O) groups is 2. The molecule has 3 aliphatic heterocycles. The molecule has 3 saturated heterocycles. The van der Waals surface area contributed by atoms with Gasteiger partial charge in [-0.05, 0) is 0 Å². The lowest BCUT2D eigenvalue weighted by Crippen LogP contribution is -2.29. The number of allylic oxidation sites excluding steroid dienone is 1. The van der Waals surface area contributed by atoms with Crippen LogP contribution in [0.3, 0.4) is 0 Å². The highest BCUT2D eigenvalue weighted by atomic mass is 19.2. The number of halogens is 5. The van der Waals surface area contributed by atoms with Crippen LogP contribution in [0.5, 0.6) is 5.75 Å². The Morgan fingerprint density at radius 2 is 1.16 bits per heavy atom. The molecule has 0 saturated carbocycles. The summed E-state index contributed by atoms with van der Waals surface area (Å²) in [6.45, 7) is 5.41. The van der Waals surface area contributed by atoms with E-state index in [2.05, 4.69) is 4.65 Å². The van der Waals surface area contributed by atoms with Gasteiger partial charge in [0.1, 0.15) is 11.4 Å². The SMILES string of the molecule is O=C1C=C(N2CC2)C(=O)C(N2CC2)=C1N1CC1.OB(O)Oc1c(F)c(F)c(F)c(F)c1F. The first-order chi connectivity index (χ1) is 15.1. The maximum Gasteiger partial charge on any atom is 0.707 e. The Hall–Kier alpha value is -3.13. The predicted molar refractivity (Wildman–Crippen MR) is 96.9 cm³/mol. The topological polar surface area (TPSA) is 92.9 Å². The van der Waals surface area contributed by atoms with Crippen molar-refractivity contribution in [3.05, 3.63) is 52.3 Å². The van der Waals surface area contributed by atoms with Gasteiger partial charge in [0.25, 0.3) is 0 Å². The summed E-state index contributed by atoms with van der Waals surface area (Å²) < 4.78 is 66.3. The molecule has 0 amide bonds. The lowest BCUT2D eigenvalue weighted by atomic mass is 10.0. The molecular weight excluding hydrogens is 444 g/mol. The van der Waals surface area contributed by atoms with Crippen molar-refractivity contribution in [3.63, 3.8) is 0 Å². The van der Waals surface area contributed by atoms with Gasteiger partial charge in [-0.1, -0.05) is 0 Å². The van der Waals surface area contributed by atoms with Gasteiger partial charge < -0.3 is 29.4 Å². The molecule has 3 fully saturated rings. The summed E-state index contributed by atoms with van der Waals surface area (Å²) in [5.41, 5.74) is 1.89. The number of benzene rings is 1. The first-order valence-corrected chi connectivity index (χ1v) is 9.45. The van der Waals surface area contributed by atoms with E-state index in [0.717, 1.165) is 39.3 Å². The largest absolute Gasteiger partial charge is 0.707 e. The van der Waals surface area contributed by atoms with Crippen LogP contribution < -0.4 is 4.65 Å². The molecule has 1 aliphatic carbocycles. The molecule has 5 rings (SSSR count). The number of Topliss-reactive ketones (excluding diaryl/α,β-unsaturated/α-hetero) is 1. The van der Waals surface area contributed by atoms with Crippen molar-refractivity contribution in [2.45, 2.75) is 0 Å². The molecule has 0 unspecified atom stereocenters. The summed E-state index contributed by atoms with van der Waals surface area (Å²) in [4.78, 5) is 30.5. The van der Waals surface area contributed by atoms with Crippen LogP contribution in [0.1, 0.15) is 0 Å². The molecule has 3 heterocycles. The summed E-state index contributed by atoms with van der Waals surface area (Å²) >= 11 is 0. The van der Waals surface area contributed by atoms with E-state index >= 15 is 0 Å². The van der Waals surface area contributed by atoms with Gasteiger partial charge in [0.15, 0.2) is 5.75 Å². The number of hydrogen-bond donors (Lipinski definition) is 2. The van der Waals surface area contributed by atoms with E-state index in [9.17, 15) is 31.5 Å². The van der Waals surface area contributed by atoms with Crippen molar-refractivity contribution >= 4 is 18.9 Å². The van der Waals surface area contributed by atoms with Crippen molar-refractivity contribution in [1.29, 1.82) is 0 Å². The second-order valence-electron chi connectivity index (χ2n) is 7.22. The van der Waals surface area contributed by atoms with Gasteiger partial charge in [0.2, 0.25) is 40.7 Å². The smallest absolute Gasteiger partial charge is 0.507 e. The van der Waals surface area contributed by atoms with Crippen molar-refractivity contribution in [1.82, 2.24) is 14.7 Å². The molecular formula is C18H15BF5N3O5. The zero-order valence-corrected chi connectivity index (χ0v) is 16.2. The molecule has 32 heavy (non-hydrogen) atoms. The quantitative estimate of drug-likeness (QED) is 0.158. The van der Waals surface area contributed by atoms with Crippen LogP contribution in [-0.4, -0.2) is 82.9 Å². The normalized spacial score (nSPS) is 19.0. The number of hydrogen-bond acceptors (Lipinski definition) is 8. The van der Waals surface area contributed by atoms with E-state index < -0.39 is 42.2 Å².